The maximum absolute atomic E-state index is 13.3. The van der Waals surface area contributed by atoms with Crippen LogP contribution in [0.15, 0.2) is 76.7 Å². The van der Waals surface area contributed by atoms with Gasteiger partial charge in [0.2, 0.25) is 0 Å². The van der Waals surface area contributed by atoms with Gasteiger partial charge in [-0.2, -0.15) is 0 Å². The van der Waals surface area contributed by atoms with Crippen molar-refractivity contribution in [1.29, 1.82) is 0 Å². The number of thiazole rings is 1. The lowest BCUT2D eigenvalue weighted by atomic mass is 10.1. The van der Waals surface area contributed by atoms with Gasteiger partial charge >= 0.3 is 0 Å². The van der Waals surface area contributed by atoms with Crippen molar-refractivity contribution in [2.75, 3.05) is 12.9 Å². The summed E-state index contributed by atoms with van der Waals surface area (Å²) in [6, 6.07) is 12.7. The second kappa shape index (κ2) is 15.6. The second-order valence-corrected chi connectivity index (χ2v) is 10.7. The first-order valence-corrected chi connectivity index (χ1v) is 14.3. The number of hydrogen-bond acceptors (Lipinski definition) is 5. The van der Waals surface area contributed by atoms with Crippen molar-refractivity contribution < 1.29 is 17.5 Å². The molecule has 0 saturated carbocycles. The topological polar surface area (TPSA) is 56.3 Å². The smallest absolute Gasteiger partial charge is 0.175 e. The molecule has 1 aromatic heterocycles. The van der Waals surface area contributed by atoms with Crippen molar-refractivity contribution in [2.24, 2.45) is 0 Å². The number of nitrogens with zero attached hydrogens (tertiary/aromatic N) is 1. The highest BCUT2D eigenvalue weighted by atomic mass is 35.5. The summed E-state index contributed by atoms with van der Waals surface area (Å²) >= 11 is 6.93. The number of allylic oxidation sites excluding steroid dienone is 2. The van der Waals surface area contributed by atoms with Crippen molar-refractivity contribution in [1.82, 2.24) is 4.98 Å². The molecule has 0 aliphatic heterocycles. The minimum Gasteiger partial charge on any atom is -0.370 e. The molecule has 0 N–H and O–H groups in total. The van der Waals surface area contributed by atoms with Gasteiger partial charge in [-0.3, -0.25) is 0 Å². The maximum atomic E-state index is 13.3. The van der Waals surface area contributed by atoms with Crippen LogP contribution in [-0.2, 0) is 21.2 Å². The van der Waals surface area contributed by atoms with Crippen LogP contribution in [-0.4, -0.2) is 26.3 Å². The minimum absolute atomic E-state index is 0.250. The van der Waals surface area contributed by atoms with E-state index in [1.165, 1.54) is 40.8 Å². The van der Waals surface area contributed by atoms with Gasteiger partial charge in [-0.25, -0.2) is 17.8 Å². The molecule has 0 spiro atoms. The first-order valence-electron chi connectivity index (χ1n) is 11.1. The summed E-state index contributed by atoms with van der Waals surface area (Å²) in [6.45, 7) is 10.9. The molecular formula is C27H33ClFNO3S2. The third-order valence-electron chi connectivity index (χ3n) is 4.44. The van der Waals surface area contributed by atoms with Gasteiger partial charge < -0.3 is 4.74 Å². The lowest BCUT2D eigenvalue weighted by molar-refractivity contribution is 0.148. The number of halogens is 2. The molecule has 0 atom stereocenters. The minimum atomic E-state index is -3.27. The van der Waals surface area contributed by atoms with Crippen molar-refractivity contribution in [3.05, 3.63) is 82.6 Å². The molecule has 3 rings (SSSR count). The molecule has 8 heteroatoms. The Balaban J connectivity index is 0.000000779. The van der Waals surface area contributed by atoms with E-state index in [0.29, 0.717) is 18.9 Å². The van der Waals surface area contributed by atoms with E-state index in [1.54, 1.807) is 42.5 Å². The average Bonchev–Trinajstić information content (AvgIpc) is 3.27. The molecule has 35 heavy (non-hydrogen) atoms. The van der Waals surface area contributed by atoms with Crippen LogP contribution < -0.4 is 0 Å². The Labute approximate surface area is 218 Å². The van der Waals surface area contributed by atoms with Crippen LogP contribution in [0.3, 0.4) is 0 Å². The Bertz CT molecular complexity index is 1200. The quantitative estimate of drug-likeness (QED) is 0.225. The standard InChI is InChI=1S/C20H17ClFNO3S2.C5H10.C2H6/c1-28(24,25)17-9-5-15(6-10-17)20-19(14-3-7-16(22)8-4-14)23-18(27-20)13-26-12-2-11-21;1-4-5(2)3;1-2/h2-11H,12-13H2,1H3;4H,1-3H3;1-2H3/b11-2+;;. The normalized spacial score (nSPS) is 10.7. The first kappa shape index (κ1) is 30.7. The zero-order valence-electron chi connectivity index (χ0n) is 21.0. The average molecular weight is 538 g/mol. The van der Waals surface area contributed by atoms with E-state index in [4.69, 9.17) is 16.3 Å². The Morgan fingerprint density at radius 2 is 1.60 bits per heavy atom. The van der Waals surface area contributed by atoms with E-state index >= 15 is 0 Å². The summed E-state index contributed by atoms with van der Waals surface area (Å²) in [5, 5.41) is 0.754. The van der Waals surface area contributed by atoms with Crippen molar-refractivity contribution in [2.45, 2.75) is 46.1 Å². The Morgan fingerprint density at radius 1 is 1.06 bits per heavy atom. The molecule has 2 aromatic carbocycles. The van der Waals surface area contributed by atoms with Gasteiger partial charge in [-0.15, -0.1) is 11.3 Å². The highest BCUT2D eigenvalue weighted by Gasteiger charge is 2.16. The number of ether oxygens (including phenoxy) is 1. The third-order valence-corrected chi connectivity index (χ3v) is 6.82. The van der Waals surface area contributed by atoms with E-state index in [0.717, 1.165) is 21.0 Å². The van der Waals surface area contributed by atoms with Gasteiger partial charge in [0, 0.05) is 17.4 Å². The van der Waals surface area contributed by atoms with Crippen LogP contribution in [0.1, 0.15) is 39.6 Å². The fourth-order valence-corrected chi connectivity index (χ4v) is 4.26. The number of benzene rings is 2. The van der Waals surface area contributed by atoms with E-state index in [2.05, 4.69) is 24.9 Å². The van der Waals surface area contributed by atoms with Crippen LogP contribution >= 0.6 is 22.9 Å². The van der Waals surface area contributed by atoms with Crippen LogP contribution in [0.25, 0.3) is 21.7 Å². The number of hydrogen-bond donors (Lipinski definition) is 0. The third kappa shape index (κ3) is 10.4. The van der Waals surface area contributed by atoms with E-state index in [9.17, 15) is 12.8 Å². The number of sulfone groups is 1. The Hall–Kier alpha value is -2.32. The summed E-state index contributed by atoms with van der Waals surface area (Å²) < 4.78 is 42.2. The molecule has 0 aliphatic rings. The Kier molecular flexibility index (Phi) is 13.7. The van der Waals surface area contributed by atoms with Crippen molar-refractivity contribution in [3.8, 4) is 21.7 Å². The predicted molar refractivity (Wildman–Crippen MR) is 147 cm³/mol. The van der Waals surface area contributed by atoms with E-state index in [-0.39, 0.29) is 10.7 Å². The first-order chi connectivity index (χ1) is 16.7. The lowest BCUT2D eigenvalue weighted by Crippen LogP contribution is -1.96. The highest BCUT2D eigenvalue weighted by molar-refractivity contribution is 7.90. The summed E-state index contributed by atoms with van der Waals surface area (Å²) in [5.74, 6) is -0.325. The highest BCUT2D eigenvalue weighted by Crippen LogP contribution is 2.37. The molecule has 0 aliphatic carbocycles. The van der Waals surface area contributed by atoms with Gasteiger partial charge in [0.1, 0.15) is 10.8 Å². The summed E-state index contributed by atoms with van der Waals surface area (Å²) in [6.07, 6.45) is 4.93. The molecular weight excluding hydrogens is 505 g/mol. The fraction of sp³-hybridized carbons (Fsp3) is 0.296. The fourth-order valence-electron chi connectivity index (χ4n) is 2.53. The number of rotatable bonds is 7. The Morgan fingerprint density at radius 3 is 2.09 bits per heavy atom. The molecule has 190 valence electrons. The van der Waals surface area contributed by atoms with E-state index < -0.39 is 9.84 Å². The zero-order chi connectivity index (χ0) is 26.4. The molecule has 0 amide bonds. The molecule has 3 aromatic rings. The molecule has 0 fully saturated rings. The van der Waals surface area contributed by atoms with E-state index in [1.807, 2.05) is 20.8 Å². The van der Waals surface area contributed by atoms with Crippen LogP contribution in [0.2, 0.25) is 0 Å². The van der Waals surface area contributed by atoms with Gasteiger partial charge in [0.15, 0.2) is 9.84 Å². The molecule has 0 unspecified atom stereocenters. The second-order valence-electron chi connectivity index (χ2n) is 7.33. The summed E-state index contributed by atoms with van der Waals surface area (Å²) in [7, 11) is -3.27. The SMILES string of the molecule is CC.CC=C(C)C.CS(=O)(=O)c1ccc(-c2sc(COC/C=C/Cl)nc2-c2ccc(F)cc2)cc1. The van der Waals surface area contributed by atoms with Crippen molar-refractivity contribution >= 4 is 32.8 Å². The molecule has 0 saturated heterocycles. The lowest BCUT2D eigenvalue weighted by Gasteiger charge is -2.04. The molecule has 1 heterocycles. The number of aromatic nitrogens is 1. The zero-order valence-corrected chi connectivity index (χ0v) is 23.4. The van der Waals surface area contributed by atoms with Gasteiger partial charge in [-0.05, 0) is 68.8 Å². The van der Waals surface area contributed by atoms with Crippen LogP contribution in [0, 0.1) is 5.82 Å². The van der Waals surface area contributed by atoms with Crippen LogP contribution in [0.4, 0.5) is 4.39 Å². The monoisotopic (exact) mass is 537 g/mol. The largest absolute Gasteiger partial charge is 0.370 e. The molecule has 4 nitrogen and oxygen atoms in total. The molecule has 0 radical (unpaired) electrons. The summed E-state index contributed by atoms with van der Waals surface area (Å²) in [5.41, 5.74) is 5.07. The van der Waals surface area contributed by atoms with Gasteiger partial charge in [0.05, 0.1) is 28.7 Å². The van der Waals surface area contributed by atoms with Crippen molar-refractivity contribution in [3.63, 3.8) is 0 Å². The predicted octanol–water partition coefficient (Wildman–Crippen LogP) is 8.29. The van der Waals surface area contributed by atoms with Gasteiger partial charge in [0.25, 0.3) is 0 Å². The van der Waals surface area contributed by atoms with Crippen LogP contribution in [0.5, 0.6) is 0 Å². The van der Waals surface area contributed by atoms with Gasteiger partial charge in [-0.1, -0.05) is 49.2 Å². The maximum Gasteiger partial charge on any atom is 0.175 e. The molecule has 0 bridgehead atoms. The summed E-state index contributed by atoms with van der Waals surface area (Å²) in [4.78, 5) is 5.76.